The summed E-state index contributed by atoms with van der Waals surface area (Å²) in [7, 11) is 0. The smallest absolute Gasteiger partial charge is 0.160 e. The number of unbranched alkanes of at least 4 members (excludes halogenated alkanes) is 2. The van der Waals surface area contributed by atoms with E-state index >= 15 is 0 Å². The van der Waals surface area contributed by atoms with Crippen molar-refractivity contribution in [3.05, 3.63) is 51.7 Å². The molecule has 0 amide bonds. The van der Waals surface area contributed by atoms with Crippen molar-refractivity contribution in [3.63, 3.8) is 0 Å². The zero-order valence-corrected chi connectivity index (χ0v) is 15.9. The van der Waals surface area contributed by atoms with E-state index in [4.69, 9.17) is 0 Å². The molecule has 0 spiro atoms. The fourth-order valence-corrected chi connectivity index (χ4v) is 2.55. The van der Waals surface area contributed by atoms with Gasteiger partial charge in [-0.25, -0.2) is 0 Å². The van der Waals surface area contributed by atoms with E-state index in [2.05, 4.69) is 56.4 Å². The maximum absolute atomic E-state index is 10.6. The van der Waals surface area contributed by atoms with Gasteiger partial charge in [0.05, 0.1) is 4.88 Å². The number of aldehydes is 1. The van der Waals surface area contributed by atoms with E-state index in [9.17, 15) is 4.79 Å². The number of hydrogen-bond acceptors (Lipinski definition) is 3. The van der Waals surface area contributed by atoms with Crippen molar-refractivity contribution in [2.24, 2.45) is 0 Å². The summed E-state index contributed by atoms with van der Waals surface area (Å²) >= 11 is 1.50. The van der Waals surface area contributed by atoms with E-state index in [1.165, 1.54) is 37.0 Å². The molecule has 0 saturated carbocycles. The Morgan fingerprint density at radius 3 is 2.08 bits per heavy atom. The Hall–Kier alpha value is -1.87. The molecule has 0 aliphatic carbocycles. The first-order chi connectivity index (χ1) is 11.7. The summed E-state index contributed by atoms with van der Waals surface area (Å²) in [5, 5.41) is 3.40. The lowest BCUT2D eigenvalue weighted by Gasteiger charge is -2.05. The summed E-state index contributed by atoms with van der Waals surface area (Å²) in [6.45, 7) is 7.57. The van der Waals surface area contributed by atoms with Gasteiger partial charge in [-0.05, 0) is 42.3 Å². The van der Waals surface area contributed by atoms with Crippen molar-refractivity contribution in [3.8, 4) is 0 Å². The van der Waals surface area contributed by atoms with E-state index in [1.54, 1.807) is 0 Å². The SMILES string of the molecule is CCCC.CCCCNc1ccc(/C=C/c2ccc(C=O)s2)cc1. The highest BCUT2D eigenvalue weighted by Gasteiger charge is 1.95. The molecule has 130 valence electrons. The van der Waals surface area contributed by atoms with Crippen LogP contribution >= 0.6 is 11.3 Å². The van der Waals surface area contributed by atoms with Gasteiger partial charge >= 0.3 is 0 Å². The van der Waals surface area contributed by atoms with Gasteiger partial charge in [0.15, 0.2) is 6.29 Å². The number of thiophene rings is 1. The van der Waals surface area contributed by atoms with E-state index < -0.39 is 0 Å². The normalized spacial score (nSPS) is 10.3. The maximum Gasteiger partial charge on any atom is 0.160 e. The van der Waals surface area contributed by atoms with Crippen molar-refractivity contribution in [1.82, 2.24) is 0 Å². The van der Waals surface area contributed by atoms with Crippen LogP contribution in [0.5, 0.6) is 0 Å². The lowest BCUT2D eigenvalue weighted by molar-refractivity contribution is 0.112. The van der Waals surface area contributed by atoms with Gasteiger partial charge in [-0.15, -0.1) is 11.3 Å². The fraction of sp³-hybridized carbons (Fsp3) is 0.381. The minimum absolute atomic E-state index is 0.764. The van der Waals surface area contributed by atoms with Crippen molar-refractivity contribution in [2.75, 3.05) is 11.9 Å². The molecule has 3 heteroatoms. The van der Waals surface area contributed by atoms with Crippen LogP contribution in [0.2, 0.25) is 0 Å². The molecule has 24 heavy (non-hydrogen) atoms. The Morgan fingerprint density at radius 2 is 1.54 bits per heavy atom. The zero-order chi connectivity index (χ0) is 17.6. The molecule has 1 aromatic carbocycles. The standard InChI is InChI=1S/C17H19NOS.C4H10/c1-2-3-12-18-15-7-4-14(5-8-15)6-9-16-10-11-17(13-19)20-16;1-3-4-2/h4-11,13,18H,2-3,12H2,1H3;3-4H2,1-2H3/b9-6+;. The average Bonchev–Trinajstić information content (AvgIpc) is 3.09. The van der Waals surface area contributed by atoms with Gasteiger partial charge in [-0.1, -0.05) is 58.2 Å². The highest BCUT2D eigenvalue weighted by Crippen LogP contribution is 2.18. The number of carbonyl (C=O) groups is 1. The Morgan fingerprint density at radius 1 is 0.875 bits per heavy atom. The largest absolute Gasteiger partial charge is 0.385 e. The molecular formula is C21H29NOS. The van der Waals surface area contributed by atoms with Gasteiger partial charge in [0.2, 0.25) is 0 Å². The lowest BCUT2D eigenvalue weighted by Crippen LogP contribution is -2.00. The second-order valence-corrected chi connectivity index (χ2v) is 6.74. The molecule has 1 aromatic heterocycles. The molecular weight excluding hydrogens is 314 g/mol. The molecule has 0 bridgehead atoms. The molecule has 0 saturated heterocycles. The molecule has 2 rings (SSSR count). The summed E-state index contributed by atoms with van der Waals surface area (Å²) in [5.74, 6) is 0. The van der Waals surface area contributed by atoms with Gasteiger partial charge < -0.3 is 5.32 Å². The highest BCUT2D eigenvalue weighted by atomic mass is 32.1. The second-order valence-electron chi connectivity index (χ2n) is 5.59. The molecule has 0 atom stereocenters. The second kappa shape index (κ2) is 12.5. The van der Waals surface area contributed by atoms with Crippen LogP contribution in [0.1, 0.15) is 66.6 Å². The minimum Gasteiger partial charge on any atom is -0.385 e. The first-order valence-electron chi connectivity index (χ1n) is 8.80. The van der Waals surface area contributed by atoms with Crippen LogP contribution in [-0.4, -0.2) is 12.8 Å². The third kappa shape index (κ3) is 8.11. The molecule has 0 aliphatic rings. The number of hydrogen-bond donors (Lipinski definition) is 1. The number of carbonyl (C=O) groups excluding carboxylic acids is 1. The molecule has 1 heterocycles. The first kappa shape index (κ1) is 20.2. The van der Waals surface area contributed by atoms with Crippen molar-refractivity contribution in [1.29, 1.82) is 0 Å². The predicted molar refractivity (Wildman–Crippen MR) is 109 cm³/mol. The summed E-state index contributed by atoms with van der Waals surface area (Å²) < 4.78 is 0. The first-order valence-corrected chi connectivity index (χ1v) is 9.62. The van der Waals surface area contributed by atoms with E-state index in [0.29, 0.717) is 0 Å². The topological polar surface area (TPSA) is 29.1 Å². The third-order valence-corrected chi connectivity index (χ3v) is 4.45. The Balaban J connectivity index is 0.000000648. The Bertz CT molecular complexity index is 597. The number of benzene rings is 1. The molecule has 1 N–H and O–H groups in total. The highest BCUT2D eigenvalue weighted by molar-refractivity contribution is 7.14. The number of nitrogens with one attached hydrogen (secondary N) is 1. The lowest BCUT2D eigenvalue weighted by atomic mass is 10.2. The van der Waals surface area contributed by atoms with Crippen molar-refractivity contribution < 1.29 is 4.79 Å². The molecule has 0 radical (unpaired) electrons. The van der Waals surface area contributed by atoms with Crippen LogP contribution in [0, 0.1) is 0 Å². The van der Waals surface area contributed by atoms with Crippen molar-refractivity contribution in [2.45, 2.75) is 46.5 Å². The quantitative estimate of drug-likeness (QED) is 0.424. The summed E-state index contributed by atoms with van der Waals surface area (Å²) in [6.07, 6.45) is 10.0. The summed E-state index contributed by atoms with van der Waals surface area (Å²) in [5.41, 5.74) is 2.32. The van der Waals surface area contributed by atoms with Crippen LogP contribution in [0.25, 0.3) is 12.2 Å². The van der Waals surface area contributed by atoms with Gasteiger partial charge in [-0.2, -0.15) is 0 Å². The number of rotatable bonds is 8. The number of anilines is 1. The maximum atomic E-state index is 10.6. The third-order valence-electron chi connectivity index (χ3n) is 3.47. The average molecular weight is 344 g/mol. The molecule has 2 nitrogen and oxygen atoms in total. The zero-order valence-electron chi connectivity index (χ0n) is 15.0. The van der Waals surface area contributed by atoms with Crippen LogP contribution in [-0.2, 0) is 0 Å². The Kier molecular flexibility index (Phi) is 10.5. The van der Waals surface area contributed by atoms with Gasteiger partial charge in [-0.3, -0.25) is 4.79 Å². The van der Waals surface area contributed by atoms with E-state index in [0.717, 1.165) is 33.8 Å². The van der Waals surface area contributed by atoms with Crippen LogP contribution < -0.4 is 5.32 Å². The van der Waals surface area contributed by atoms with Gasteiger partial charge in [0.25, 0.3) is 0 Å². The van der Waals surface area contributed by atoms with Crippen LogP contribution in [0.15, 0.2) is 36.4 Å². The summed E-state index contributed by atoms with van der Waals surface area (Å²) in [6, 6.07) is 12.2. The fourth-order valence-electron chi connectivity index (χ4n) is 1.82. The van der Waals surface area contributed by atoms with Crippen molar-refractivity contribution >= 4 is 35.5 Å². The van der Waals surface area contributed by atoms with Crippen LogP contribution in [0.4, 0.5) is 5.69 Å². The molecule has 0 unspecified atom stereocenters. The predicted octanol–water partition coefficient (Wildman–Crippen LogP) is 6.75. The molecule has 2 aromatic rings. The van der Waals surface area contributed by atoms with Gasteiger partial charge in [0.1, 0.15) is 0 Å². The van der Waals surface area contributed by atoms with E-state index in [-0.39, 0.29) is 0 Å². The van der Waals surface area contributed by atoms with Gasteiger partial charge in [0, 0.05) is 17.1 Å². The Labute approximate surface area is 150 Å². The minimum atomic E-state index is 0.764. The monoisotopic (exact) mass is 343 g/mol. The summed E-state index contributed by atoms with van der Waals surface area (Å²) in [4.78, 5) is 12.5. The molecule has 0 aliphatic heterocycles. The van der Waals surface area contributed by atoms with Crippen LogP contribution in [0.3, 0.4) is 0 Å². The van der Waals surface area contributed by atoms with E-state index in [1.807, 2.05) is 18.2 Å². The molecule has 0 fully saturated rings.